The molecule has 1 unspecified atom stereocenters. The number of fused-ring (bicyclic) bond motifs is 1. The summed E-state index contributed by atoms with van der Waals surface area (Å²) in [6.45, 7) is 5.98. The van der Waals surface area contributed by atoms with Crippen molar-refractivity contribution >= 4 is 22.4 Å². The smallest absolute Gasteiger partial charge is 0.332 e. The van der Waals surface area contributed by atoms with Crippen LogP contribution in [0.25, 0.3) is 16.6 Å². The zero-order chi connectivity index (χ0) is 19.7. The highest BCUT2D eigenvalue weighted by Gasteiger charge is 2.09. The maximum Gasteiger partial charge on any atom is 0.332 e. The van der Waals surface area contributed by atoms with Crippen molar-refractivity contribution in [3.63, 3.8) is 0 Å². The molecule has 0 bridgehead atoms. The lowest BCUT2D eigenvalue weighted by molar-refractivity contribution is 0.824. The van der Waals surface area contributed by atoms with E-state index in [0.29, 0.717) is 5.82 Å². The molecule has 1 N–H and O–H groups in total. The van der Waals surface area contributed by atoms with E-state index in [9.17, 15) is 4.79 Å². The molecular formula is C22H21N5O. The second-order valence-corrected chi connectivity index (χ2v) is 6.76. The van der Waals surface area contributed by atoms with Gasteiger partial charge in [0.05, 0.1) is 11.2 Å². The molecule has 28 heavy (non-hydrogen) atoms. The Bertz CT molecular complexity index is 1220. The number of anilines is 2. The van der Waals surface area contributed by atoms with Crippen molar-refractivity contribution in [3.05, 3.63) is 89.9 Å². The highest BCUT2D eigenvalue weighted by molar-refractivity contribution is 5.92. The number of hydrogen-bond donors (Lipinski definition) is 1. The third kappa shape index (κ3) is 3.20. The molecule has 6 heteroatoms. The summed E-state index contributed by atoms with van der Waals surface area (Å²) in [5, 5.41) is 4.23. The van der Waals surface area contributed by atoms with Gasteiger partial charge in [0, 0.05) is 30.5 Å². The minimum Gasteiger partial charge on any atom is -0.340 e. The van der Waals surface area contributed by atoms with E-state index in [4.69, 9.17) is 0 Å². The zero-order valence-electron chi connectivity index (χ0n) is 15.8. The van der Waals surface area contributed by atoms with Gasteiger partial charge in [-0.15, -0.1) is 6.58 Å². The number of aryl methyl sites for hydroxylation is 1. The molecule has 0 aliphatic carbocycles. The van der Waals surface area contributed by atoms with Gasteiger partial charge in [-0.3, -0.25) is 4.57 Å². The van der Waals surface area contributed by atoms with Crippen LogP contribution in [-0.4, -0.2) is 19.1 Å². The molecular weight excluding hydrogens is 350 g/mol. The lowest BCUT2D eigenvalue weighted by Crippen LogP contribution is -2.20. The van der Waals surface area contributed by atoms with E-state index in [0.717, 1.165) is 22.3 Å². The van der Waals surface area contributed by atoms with Crippen molar-refractivity contribution in [2.45, 2.75) is 12.8 Å². The predicted molar refractivity (Wildman–Crippen MR) is 112 cm³/mol. The van der Waals surface area contributed by atoms with Crippen LogP contribution in [0.2, 0.25) is 0 Å². The molecule has 0 aliphatic rings. The molecule has 0 spiro atoms. The Balaban J connectivity index is 1.77. The first kappa shape index (κ1) is 17.7. The fourth-order valence-electron chi connectivity index (χ4n) is 3.13. The second-order valence-electron chi connectivity index (χ2n) is 6.76. The molecule has 0 radical (unpaired) electrons. The Morgan fingerprint density at radius 1 is 1.14 bits per heavy atom. The maximum absolute atomic E-state index is 12.3. The number of imidazole rings is 1. The topological polar surface area (TPSA) is 64.7 Å². The number of hydrogen-bond acceptors (Lipinski definition) is 4. The molecule has 2 heterocycles. The van der Waals surface area contributed by atoms with Gasteiger partial charge in [-0.05, 0) is 41.8 Å². The average molecular weight is 371 g/mol. The van der Waals surface area contributed by atoms with E-state index in [2.05, 4.69) is 40.9 Å². The van der Waals surface area contributed by atoms with Crippen LogP contribution >= 0.6 is 0 Å². The van der Waals surface area contributed by atoms with Gasteiger partial charge in [-0.2, -0.15) is 0 Å². The van der Waals surface area contributed by atoms with Crippen molar-refractivity contribution in [2.75, 3.05) is 5.32 Å². The molecule has 0 amide bonds. The first-order chi connectivity index (χ1) is 13.6. The highest BCUT2D eigenvalue weighted by atomic mass is 16.1. The third-order valence-electron chi connectivity index (χ3n) is 4.87. The second kappa shape index (κ2) is 7.15. The van der Waals surface area contributed by atoms with Crippen LogP contribution in [0, 0.1) is 0 Å². The fourth-order valence-corrected chi connectivity index (χ4v) is 3.13. The van der Waals surface area contributed by atoms with Gasteiger partial charge in [0.15, 0.2) is 0 Å². The number of allylic oxidation sites excluding steroid dienone is 1. The Morgan fingerprint density at radius 3 is 2.75 bits per heavy atom. The Hall–Kier alpha value is -3.67. The molecule has 140 valence electrons. The molecule has 2 aromatic heterocycles. The van der Waals surface area contributed by atoms with E-state index in [1.165, 1.54) is 16.5 Å². The van der Waals surface area contributed by atoms with E-state index in [1.807, 2.05) is 36.4 Å². The summed E-state index contributed by atoms with van der Waals surface area (Å²) >= 11 is 0. The van der Waals surface area contributed by atoms with Crippen LogP contribution in [0.1, 0.15) is 18.4 Å². The van der Waals surface area contributed by atoms with Gasteiger partial charge >= 0.3 is 5.69 Å². The van der Waals surface area contributed by atoms with Crippen molar-refractivity contribution in [1.29, 1.82) is 0 Å². The quantitative estimate of drug-likeness (QED) is 0.535. The van der Waals surface area contributed by atoms with Gasteiger partial charge in [0.2, 0.25) is 0 Å². The van der Waals surface area contributed by atoms with Gasteiger partial charge in [-0.25, -0.2) is 14.8 Å². The molecule has 4 rings (SSSR count). The molecule has 0 fully saturated rings. The maximum atomic E-state index is 12.3. The highest BCUT2D eigenvalue weighted by Crippen LogP contribution is 2.27. The summed E-state index contributed by atoms with van der Waals surface area (Å²) in [5.74, 6) is 0.958. The first-order valence-electron chi connectivity index (χ1n) is 9.05. The van der Waals surface area contributed by atoms with Gasteiger partial charge in [0.1, 0.15) is 12.1 Å². The van der Waals surface area contributed by atoms with E-state index >= 15 is 0 Å². The normalized spacial score (nSPS) is 12.1. The lowest BCUT2D eigenvalue weighted by Gasteiger charge is -2.12. The Morgan fingerprint density at radius 2 is 2.00 bits per heavy atom. The van der Waals surface area contributed by atoms with Crippen LogP contribution in [-0.2, 0) is 7.05 Å². The number of rotatable bonds is 5. The number of aromatic nitrogens is 4. The average Bonchev–Trinajstić information content (AvgIpc) is 3.06. The SMILES string of the molecule is C=CC(C)c1cccc(Nc2ncnc3ccc(-n4ccn(C)c4=O)cc23)c1. The number of benzene rings is 2. The van der Waals surface area contributed by atoms with Crippen LogP contribution < -0.4 is 11.0 Å². The summed E-state index contributed by atoms with van der Waals surface area (Å²) in [4.78, 5) is 21.1. The third-order valence-corrected chi connectivity index (χ3v) is 4.87. The number of nitrogens with one attached hydrogen (secondary N) is 1. The lowest BCUT2D eigenvalue weighted by atomic mass is 10.0. The van der Waals surface area contributed by atoms with Crippen molar-refractivity contribution in [3.8, 4) is 5.69 Å². The monoisotopic (exact) mass is 371 g/mol. The molecule has 0 saturated heterocycles. The number of nitrogens with zero attached hydrogens (tertiary/aromatic N) is 4. The zero-order valence-corrected chi connectivity index (χ0v) is 15.8. The fraction of sp³-hybridized carbons (Fsp3) is 0.136. The molecule has 6 nitrogen and oxygen atoms in total. The molecule has 0 saturated carbocycles. The van der Waals surface area contributed by atoms with E-state index in [1.54, 1.807) is 24.0 Å². The molecule has 4 aromatic rings. The minimum absolute atomic E-state index is 0.100. The summed E-state index contributed by atoms with van der Waals surface area (Å²) < 4.78 is 3.14. The first-order valence-corrected chi connectivity index (χ1v) is 9.05. The van der Waals surface area contributed by atoms with Crippen LogP contribution in [0.15, 0.2) is 78.6 Å². The standard InChI is InChI=1S/C22H21N5O/c1-4-15(2)16-6-5-7-17(12-16)25-21-19-13-18(8-9-20(19)23-14-24-21)27-11-10-26(3)22(27)28/h4-15H,1H2,2-3H3,(H,23,24,25). The largest absolute Gasteiger partial charge is 0.340 e. The minimum atomic E-state index is -0.100. The molecule has 0 aliphatic heterocycles. The van der Waals surface area contributed by atoms with Crippen LogP contribution in [0.4, 0.5) is 11.5 Å². The van der Waals surface area contributed by atoms with Crippen molar-refractivity contribution in [1.82, 2.24) is 19.1 Å². The predicted octanol–water partition coefficient (Wildman–Crippen LogP) is 4.15. The Kier molecular flexibility index (Phi) is 4.53. The van der Waals surface area contributed by atoms with Gasteiger partial charge in [0.25, 0.3) is 0 Å². The van der Waals surface area contributed by atoms with Gasteiger partial charge < -0.3 is 9.88 Å². The van der Waals surface area contributed by atoms with Crippen LogP contribution in [0.3, 0.4) is 0 Å². The summed E-state index contributed by atoms with van der Waals surface area (Å²) in [6, 6.07) is 13.9. The van der Waals surface area contributed by atoms with Crippen LogP contribution in [0.5, 0.6) is 0 Å². The van der Waals surface area contributed by atoms with E-state index < -0.39 is 0 Å². The van der Waals surface area contributed by atoms with Crippen molar-refractivity contribution in [2.24, 2.45) is 7.05 Å². The summed E-state index contributed by atoms with van der Waals surface area (Å²) in [6.07, 6.45) is 6.94. The summed E-state index contributed by atoms with van der Waals surface area (Å²) in [5.41, 5.74) is 3.59. The molecule has 2 aromatic carbocycles. The molecule has 1 atom stereocenters. The van der Waals surface area contributed by atoms with Gasteiger partial charge in [-0.1, -0.05) is 25.1 Å². The van der Waals surface area contributed by atoms with E-state index in [-0.39, 0.29) is 11.6 Å². The Labute approximate surface area is 162 Å². The van der Waals surface area contributed by atoms with Crippen molar-refractivity contribution < 1.29 is 0 Å². The summed E-state index contributed by atoms with van der Waals surface area (Å²) in [7, 11) is 1.73.